The van der Waals surface area contributed by atoms with Crippen molar-refractivity contribution in [2.75, 3.05) is 0 Å². The van der Waals surface area contributed by atoms with Crippen molar-refractivity contribution >= 4 is 0 Å². The summed E-state index contributed by atoms with van der Waals surface area (Å²) in [5, 5.41) is 8.56. The molecule has 16 heavy (non-hydrogen) atoms. The number of hydrogen-bond donors (Lipinski definition) is 0. The highest BCUT2D eigenvalue weighted by Gasteiger charge is 1.99. The summed E-state index contributed by atoms with van der Waals surface area (Å²) in [5.41, 5.74) is 1.38. The average Bonchev–Trinajstić information content (AvgIpc) is 2.30. The third-order valence-corrected chi connectivity index (χ3v) is 1.95. The van der Waals surface area contributed by atoms with Crippen molar-refractivity contribution < 1.29 is 4.74 Å². The van der Waals surface area contributed by atoms with Gasteiger partial charge in [0.15, 0.2) is 5.69 Å². The zero-order valence-corrected chi connectivity index (χ0v) is 8.71. The molecule has 1 heterocycles. The summed E-state index contributed by atoms with van der Waals surface area (Å²) in [5.74, 6) is 1.09. The van der Waals surface area contributed by atoms with Crippen molar-refractivity contribution in [2.24, 2.45) is 0 Å². The Morgan fingerprint density at radius 3 is 2.75 bits per heavy atom. The molecule has 4 heteroatoms. The SMILES string of the molecule is Cc1cccc(Oc2cnc(C#N)cn2)c1. The van der Waals surface area contributed by atoms with Gasteiger partial charge in [0.1, 0.15) is 11.8 Å². The summed E-state index contributed by atoms with van der Waals surface area (Å²) in [4.78, 5) is 7.83. The van der Waals surface area contributed by atoms with Crippen molar-refractivity contribution in [3.05, 3.63) is 47.9 Å². The van der Waals surface area contributed by atoms with E-state index < -0.39 is 0 Å². The first-order valence-electron chi connectivity index (χ1n) is 4.74. The second-order valence-electron chi connectivity index (χ2n) is 3.27. The molecule has 0 bridgehead atoms. The largest absolute Gasteiger partial charge is 0.437 e. The first-order chi connectivity index (χ1) is 7.78. The molecule has 2 rings (SSSR count). The molecule has 2 aromatic rings. The molecule has 0 N–H and O–H groups in total. The number of hydrogen-bond acceptors (Lipinski definition) is 4. The molecule has 0 amide bonds. The molecule has 0 aliphatic carbocycles. The molecule has 1 aromatic heterocycles. The number of benzene rings is 1. The van der Waals surface area contributed by atoms with Crippen molar-refractivity contribution in [3.63, 3.8) is 0 Å². The van der Waals surface area contributed by atoms with Gasteiger partial charge in [0, 0.05) is 0 Å². The Labute approximate surface area is 93.2 Å². The van der Waals surface area contributed by atoms with Gasteiger partial charge in [0.2, 0.25) is 5.88 Å². The molecule has 0 aliphatic rings. The van der Waals surface area contributed by atoms with Crippen molar-refractivity contribution in [1.82, 2.24) is 9.97 Å². The van der Waals surface area contributed by atoms with Gasteiger partial charge in [0.25, 0.3) is 0 Å². The van der Waals surface area contributed by atoms with Gasteiger partial charge in [-0.15, -0.1) is 0 Å². The van der Waals surface area contributed by atoms with E-state index in [-0.39, 0.29) is 5.69 Å². The summed E-state index contributed by atoms with van der Waals surface area (Å²) >= 11 is 0. The maximum atomic E-state index is 8.56. The summed E-state index contributed by atoms with van der Waals surface area (Å²) in [6.07, 6.45) is 2.81. The fourth-order valence-corrected chi connectivity index (χ4v) is 1.23. The van der Waals surface area contributed by atoms with Crippen LogP contribution in [0.25, 0.3) is 0 Å². The van der Waals surface area contributed by atoms with Gasteiger partial charge in [-0.3, -0.25) is 0 Å². The van der Waals surface area contributed by atoms with Gasteiger partial charge in [0.05, 0.1) is 12.4 Å². The summed E-state index contributed by atoms with van der Waals surface area (Å²) in [7, 11) is 0. The topological polar surface area (TPSA) is 58.8 Å². The first kappa shape index (κ1) is 10.1. The quantitative estimate of drug-likeness (QED) is 0.765. The van der Waals surface area contributed by atoms with Crippen LogP contribution in [0.15, 0.2) is 36.7 Å². The van der Waals surface area contributed by atoms with E-state index in [0.29, 0.717) is 11.6 Å². The van der Waals surface area contributed by atoms with E-state index in [2.05, 4.69) is 9.97 Å². The zero-order valence-electron chi connectivity index (χ0n) is 8.71. The molecular formula is C12H9N3O. The molecule has 0 aliphatic heterocycles. The molecule has 78 valence electrons. The van der Waals surface area contributed by atoms with Gasteiger partial charge in [-0.25, -0.2) is 9.97 Å². The minimum Gasteiger partial charge on any atom is -0.437 e. The maximum absolute atomic E-state index is 8.56. The second-order valence-corrected chi connectivity index (χ2v) is 3.27. The molecule has 0 unspecified atom stereocenters. The smallest absolute Gasteiger partial charge is 0.237 e. The first-order valence-corrected chi connectivity index (χ1v) is 4.74. The van der Waals surface area contributed by atoms with Crippen LogP contribution < -0.4 is 4.74 Å². The van der Waals surface area contributed by atoms with E-state index in [0.717, 1.165) is 5.56 Å². The minimum atomic E-state index is 0.275. The van der Waals surface area contributed by atoms with Crippen LogP contribution in [-0.2, 0) is 0 Å². The van der Waals surface area contributed by atoms with Crippen LogP contribution in [0, 0.1) is 18.3 Å². The lowest BCUT2D eigenvalue weighted by atomic mass is 10.2. The van der Waals surface area contributed by atoms with E-state index in [1.807, 2.05) is 37.3 Å². The van der Waals surface area contributed by atoms with E-state index in [9.17, 15) is 0 Å². The highest BCUT2D eigenvalue weighted by Crippen LogP contribution is 2.19. The van der Waals surface area contributed by atoms with Crippen LogP contribution in [0.1, 0.15) is 11.3 Å². The van der Waals surface area contributed by atoms with Crippen molar-refractivity contribution in [2.45, 2.75) is 6.92 Å². The highest BCUT2D eigenvalue weighted by molar-refractivity contribution is 5.30. The van der Waals surface area contributed by atoms with Crippen LogP contribution in [-0.4, -0.2) is 9.97 Å². The van der Waals surface area contributed by atoms with Crippen LogP contribution in [0.4, 0.5) is 0 Å². The molecule has 0 saturated heterocycles. The van der Waals surface area contributed by atoms with E-state index in [1.54, 1.807) is 0 Å². The van der Waals surface area contributed by atoms with Crippen LogP contribution in [0.2, 0.25) is 0 Å². The average molecular weight is 211 g/mol. The zero-order chi connectivity index (χ0) is 11.4. The Morgan fingerprint density at radius 1 is 1.25 bits per heavy atom. The Hall–Kier alpha value is -2.41. The number of nitrogens with zero attached hydrogens (tertiary/aromatic N) is 3. The van der Waals surface area contributed by atoms with Gasteiger partial charge >= 0.3 is 0 Å². The van der Waals surface area contributed by atoms with Crippen LogP contribution in [0.5, 0.6) is 11.6 Å². The summed E-state index contributed by atoms with van der Waals surface area (Å²) in [6.45, 7) is 1.98. The van der Waals surface area contributed by atoms with E-state index in [1.165, 1.54) is 12.4 Å². The fourth-order valence-electron chi connectivity index (χ4n) is 1.23. The molecule has 0 fully saturated rings. The normalized spacial score (nSPS) is 9.50. The minimum absolute atomic E-state index is 0.275. The predicted octanol–water partition coefficient (Wildman–Crippen LogP) is 2.45. The standard InChI is InChI=1S/C12H9N3O/c1-9-3-2-4-11(5-9)16-12-8-14-10(6-13)7-15-12/h2-5,7-8H,1H3. The monoisotopic (exact) mass is 211 g/mol. The van der Waals surface area contributed by atoms with Crippen LogP contribution in [0.3, 0.4) is 0 Å². The molecular weight excluding hydrogens is 202 g/mol. The lowest BCUT2D eigenvalue weighted by Gasteiger charge is -2.04. The van der Waals surface area contributed by atoms with Gasteiger partial charge in [-0.2, -0.15) is 5.26 Å². The van der Waals surface area contributed by atoms with Crippen molar-refractivity contribution in [3.8, 4) is 17.7 Å². The molecule has 4 nitrogen and oxygen atoms in total. The van der Waals surface area contributed by atoms with Gasteiger partial charge in [-0.05, 0) is 24.6 Å². The second kappa shape index (κ2) is 4.41. The van der Waals surface area contributed by atoms with Crippen LogP contribution >= 0.6 is 0 Å². The number of ether oxygens (including phenoxy) is 1. The number of rotatable bonds is 2. The van der Waals surface area contributed by atoms with Gasteiger partial charge in [-0.1, -0.05) is 12.1 Å². The molecule has 0 atom stereocenters. The Bertz CT molecular complexity index is 529. The number of nitriles is 1. The summed E-state index contributed by atoms with van der Waals surface area (Å²) < 4.78 is 5.48. The van der Waals surface area contributed by atoms with E-state index in [4.69, 9.17) is 10.00 Å². The van der Waals surface area contributed by atoms with Crippen molar-refractivity contribution in [1.29, 1.82) is 5.26 Å². The third-order valence-electron chi connectivity index (χ3n) is 1.95. The Balaban J connectivity index is 2.18. The third kappa shape index (κ3) is 2.34. The lowest BCUT2D eigenvalue weighted by molar-refractivity contribution is 0.459. The molecule has 0 saturated carbocycles. The number of aryl methyl sites for hydroxylation is 1. The highest BCUT2D eigenvalue weighted by atomic mass is 16.5. The lowest BCUT2D eigenvalue weighted by Crippen LogP contribution is -1.91. The predicted molar refractivity (Wildman–Crippen MR) is 58.0 cm³/mol. The maximum Gasteiger partial charge on any atom is 0.237 e. The Kier molecular flexibility index (Phi) is 2.79. The molecule has 1 aromatic carbocycles. The summed E-state index contributed by atoms with van der Waals surface area (Å²) in [6, 6.07) is 9.53. The van der Waals surface area contributed by atoms with Gasteiger partial charge < -0.3 is 4.74 Å². The molecule has 0 radical (unpaired) electrons. The molecule has 0 spiro atoms. The number of aromatic nitrogens is 2. The Morgan fingerprint density at radius 2 is 2.12 bits per heavy atom. The fraction of sp³-hybridized carbons (Fsp3) is 0.0833. The van der Waals surface area contributed by atoms with E-state index >= 15 is 0 Å².